The van der Waals surface area contributed by atoms with Crippen LogP contribution in [0.15, 0.2) is 30.3 Å². The second kappa shape index (κ2) is 8.97. The maximum atomic E-state index is 12.9. The first-order valence-corrected chi connectivity index (χ1v) is 10.6. The molecule has 0 saturated carbocycles. The third-order valence-corrected chi connectivity index (χ3v) is 5.79. The predicted molar refractivity (Wildman–Crippen MR) is 110 cm³/mol. The number of benzene rings is 1. The standard InChI is InChI=1S/C23H34N2O3/c1-23(2,3)28-22(27)25-15-11-20(12-16-25)21(26)24-13-9-19(10-14-24)17-18-7-5-4-6-8-18/h4-8,19-20H,9-17H2,1-3H3. The number of likely N-dealkylation sites (tertiary alicyclic amines) is 2. The monoisotopic (exact) mass is 386 g/mol. The third kappa shape index (κ3) is 5.73. The van der Waals surface area contributed by atoms with Crippen LogP contribution in [0.1, 0.15) is 52.0 Å². The summed E-state index contributed by atoms with van der Waals surface area (Å²) in [5, 5.41) is 0. The van der Waals surface area contributed by atoms with E-state index in [9.17, 15) is 9.59 Å². The van der Waals surface area contributed by atoms with Crippen molar-refractivity contribution in [1.29, 1.82) is 0 Å². The highest BCUT2D eigenvalue weighted by Gasteiger charge is 2.33. The molecule has 1 aromatic carbocycles. The number of nitrogens with zero attached hydrogens (tertiary/aromatic N) is 2. The van der Waals surface area contributed by atoms with Gasteiger partial charge >= 0.3 is 6.09 Å². The molecule has 2 heterocycles. The van der Waals surface area contributed by atoms with E-state index in [1.807, 2.05) is 20.8 Å². The fourth-order valence-corrected chi connectivity index (χ4v) is 4.20. The summed E-state index contributed by atoms with van der Waals surface area (Å²) in [4.78, 5) is 28.9. The van der Waals surface area contributed by atoms with Crippen molar-refractivity contribution in [2.75, 3.05) is 26.2 Å². The van der Waals surface area contributed by atoms with Crippen molar-refractivity contribution in [3.8, 4) is 0 Å². The Bertz CT molecular complexity index is 652. The first-order valence-electron chi connectivity index (χ1n) is 10.6. The number of rotatable bonds is 3. The molecule has 0 N–H and O–H groups in total. The van der Waals surface area contributed by atoms with E-state index in [4.69, 9.17) is 4.74 Å². The quantitative estimate of drug-likeness (QED) is 0.785. The predicted octanol–water partition coefficient (Wildman–Crippen LogP) is 4.11. The molecule has 5 nitrogen and oxygen atoms in total. The maximum Gasteiger partial charge on any atom is 0.410 e. The van der Waals surface area contributed by atoms with Gasteiger partial charge in [-0.05, 0) is 64.4 Å². The van der Waals surface area contributed by atoms with Crippen molar-refractivity contribution >= 4 is 12.0 Å². The number of hydrogen-bond acceptors (Lipinski definition) is 3. The molecule has 5 heteroatoms. The number of piperidine rings is 2. The topological polar surface area (TPSA) is 49.9 Å². The van der Waals surface area contributed by atoms with Gasteiger partial charge in [-0.3, -0.25) is 4.79 Å². The van der Waals surface area contributed by atoms with Crippen LogP contribution < -0.4 is 0 Å². The van der Waals surface area contributed by atoms with Gasteiger partial charge in [0.1, 0.15) is 5.60 Å². The van der Waals surface area contributed by atoms with Gasteiger partial charge in [0.05, 0.1) is 0 Å². The Labute approximate surface area is 169 Å². The van der Waals surface area contributed by atoms with E-state index >= 15 is 0 Å². The van der Waals surface area contributed by atoms with Crippen LogP contribution in [0.25, 0.3) is 0 Å². The SMILES string of the molecule is CC(C)(C)OC(=O)N1CCC(C(=O)N2CCC(Cc3ccccc3)CC2)CC1. The number of hydrogen-bond donors (Lipinski definition) is 0. The van der Waals surface area contributed by atoms with Gasteiger partial charge < -0.3 is 14.5 Å². The lowest BCUT2D eigenvalue weighted by molar-refractivity contribution is -0.138. The molecule has 0 aliphatic carbocycles. The number of carbonyl (C=O) groups is 2. The Hall–Kier alpha value is -2.04. The smallest absolute Gasteiger partial charge is 0.410 e. The summed E-state index contributed by atoms with van der Waals surface area (Å²) in [5.74, 6) is 0.992. The Morgan fingerprint density at radius 2 is 1.50 bits per heavy atom. The molecule has 2 amide bonds. The number of ether oxygens (including phenoxy) is 1. The molecule has 2 saturated heterocycles. The van der Waals surface area contributed by atoms with Gasteiger partial charge in [0.25, 0.3) is 0 Å². The molecule has 0 spiro atoms. The number of carbonyl (C=O) groups excluding carboxylic acids is 2. The molecule has 3 rings (SSSR count). The fraction of sp³-hybridized carbons (Fsp3) is 0.652. The van der Waals surface area contributed by atoms with E-state index in [2.05, 4.69) is 35.2 Å². The Morgan fingerprint density at radius 1 is 0.929 bits per heavy atom. The molecule has 0 aromatic heterocycles. The largest absolute Gasteiger partial charge is 0.444 e. The third-order valence-electron chi connectivity index (χ3n) is 5.79. The summed E-state index contributed by atoms with van der Waals surface area (Å²) < 4.78 is 5.44. The van der Waals surface area contributed by atoms with Gasteiger partial charge in [0.15, 0.2) is 0 Å². The van der Waals surface area contributed by atoms with Crippen molar-refractivity contribution in [3.63, 3.8) is 0 Å². The highest BCUT2D eigenvalue weighted by Crippen LogP contribution is 2.26. The van der Waals surface area contributed by atoms with E-state index in [1.165, 1.54) is 5.56 Å². The first-order chi connectivity index (χ1) is 13.3. The minimum absolute atomic E-state index is 0.0457. The fourth-order valence-electron chi connectivity index (χ4n) is 4.20. The van der Waals surface area contributed by atoms with Crippen LogP contribution >= 0.6 is 0 Å². The van der Waals surface area contributed by atoms with Crippen LogP contribution in [0, 0.1) is 11.8 Å². The van der Waals surface area contributed by atoms with Crippen molar-refractivity contribution < 1.29 is 14.3 Å². The van der Waals surface area contributed by atoms with Gasteiger partial charge in [0.2, 0.25) is 5.91 Å². The summed E-state index contributed by atoms with van der Waals surface area (Å²) >= 11 is 0. The van der Waals surface area contributed by atoms with Crippen LogP contribution in [0.3, 0.4) is 0 Å². The maximum absolute atomic E-state index is 12.9. The molecule has 1 aromatic rings. The molecule has 2 aliphatic rings. The lowest BCUT2D eigenvalue weighted by Crippen LogP contribution is -2.47. The highest BCUT2D eigenvalue weighted by atomic mass is 16.6. The zero-order chi connectivity index (χ0) is 20.1. The molecular formula is C23H34N2O3. The van der Waals surface area contributed by atoms with Crippen LogP contribution in [-0.4, -0.2) is 53.6 Å². The Kier molecular flexibility index (Phi) is 6.63. The molecular weight excluding hydrogens is 352 g/mol. The number of amides is 2. The van der Waals surface area contributed by atoms with Gasteiger partial charge in [-0.2, -0.15) is 0 Å². The second-order valence-electron chi connectivity index (χ2n) is 9.20. The van der Waals surface area contributed by atoms with E-state index < -0.39 is 5.60 Å². The summed E-state index contributed by atoms with van der Waals surface area (Å²) in [6.07, 6.45) is 4.48. The summed E-state index contributed by atoms with van der Waals surface area (Å²) in [7, 11) is 0. The summed E-state index contributed by atoms with van der Waals surface area (Å²) in [6, 6.07) is 10.6. The molecule has 0 unspecified atom stereocenters. The average Bonchev–Trinajstić information content (AvgIpc) is 2.68. The normalized spacial score (nSPS) is 19.5. The molecule has 2 aliphatic heterocycles. The van der Waals surface area contributed by atoms with Gasteiger partial charge in [-0.15, -0.1) is 0 Å². The van der Waals surface area contributed by atoms with Gasteiger partial charge in [-0.1, -0.05) is 30.3 Å². The Morgan fingerprint density at radius 3 is 2.07 bits per heavy atom. The molecule has 28 heavy (non-hydrogen) atoms. The lowest BCUT2D eigenvalue weighted by Gasteiger charge is -2.37. The zero-order valence-electron chi connectivity index (χ0n) is 17.5. The van der Waals surface area contributed by atoms with E-state index in [0.29, 0.717) is 19.0 Å². The van der Waals surface area contributed by atoms with Crippen LogP contribution in [0.2, 0.25) is 0 Å². The van der Waals surface area contributed by atoms with Gasteiger partial charge in [-0.25, -0.2) is 4.79 Å². The van der Waals surface area contributed by atoms with Crippen molar-refractivity contribution in [1.82, 2.24) is 9.80 Å². The van der Waals surface area contributed by atoms with Crippen molar-refractivity contribution in [2.45, 2.75) is 58.5 Å². The minimum Gasteiger partial charge on any atom is -0.444 e. The van der Waals surface area contributed by atoms with E-state index in [0.717, 1.165) is 45.2 Å². The van der Waals surface area contributed by atoms with Crippen molar-refractivity contribution in [3.05, 3.63) is 35.9 Å². The van der Waals surface area contributed by atoms with Crippen LogP contribution in [0.4, 0.5) is 4.79 Å². The Balaban J connectivity index is 1.42. The first kappa shape index (κ1) is 20.7. The molecule has 2 fully saturated rings. The summed E-state index contributed by atoms with van der Waals surface area (Å²) in [5.41, 5.74) is 0.912. The van der Waals surface area contributed by atoms with Crippen LogP contribution in [-0.2, 0) is 16.0 Å². The molecule has 154 valence electrons. The van der Waals surface area contributed by atoms with Crippen molar-refractivity contribution in [2.24, 2.45) is 11.8 Å². The van der Waals surface area contributed by atoms with Crippen LogP contribution in [0.5, 0.6) is 0 Å². The zero-order valence-corrected chi connectivity index (χ0v) is 17.5. The van der Waals surface area contributed by atoms with E-state index in [-0.39, 0.29) is 17.9 Å². The average molecular weight is 387 g/mol. The van der Waals surface area contributed by atoms with Gasteiger partial charge in [0, 0.05) is 32.1 Å². The minimum atomic E-state index is -0.478. The summed E-state index contributed by atoms with van der Waals surface area (Å²) in [6.45, 7) is 8.57. The van der Waals surface area contributed by atoms with E-state index in [1.54, 1.807) is 4.90 Å². The highest BCUT2D eigenvalue weighted by molar-refractivity contribution is 5.79. The lowest BCUT2D eigenvalue weighted by atomic mass is 9.88. The molecule has 0 atom stereocenters. The molecule has 0 radical (unpaired) electrons. The second-order valence-corrected chi connectivity index (χ2v) is 9.20. The molecule has 0 bridgehead atoms.